The molecular formula is C11H13ClN2O. The van der Waals surface area contributed by atoms with Crippen molar-refractivity contribution in [2.24, 2.45) is 0 Å². The number of aryl methyl sites for hydroxylation is 2. The van der Waals surface area contributed by atoms with E-state index < -0.39 is 0 Å². The minimum absolute atomic E-state index is 0. The smallest absolute Gasteiger partial charge is 0.153 e. The number of rotatable bonds is 3. The maximum Gasteiger partial charge on any atom is 0.153 e. The highest BCUT2D eigenvalue weighted by molar-refractivity contribution is 5.85. The summed E-state index contributed by atoms with van der Waals surface area (Å²) in [5.41, 5.74) is 1.28. The van der Waals surface area contributed by atoms with Gasteiger partial charge in [-0.1, -0.05) is 30.3 Å². The molecule has 0 aliphatic heterocycles. The molecular weight excluding hydrogens is 212 g/mol. The second-order valence-electron chi connectivity index (χ2n) is 3.20. The monoisotopic (exact) mass is 224 g/mol. The third-order valence-electron chi connectivity index (χ3n) is 2.09. The van der Waals surface area contributed by atoms with Crippen LogP contribution < -0.4 is 0 Å². The molecule has 0 amide bonds. The van der Waals surface area contributed by atoms with Crippen LogP contribution in [-0.2, 0) is 13.0 Å². The molecule has 0 bridgehead atoms. The van der Waals surface area contributed by atoms with Gasteiger partial charge < -0.3 is 5.11 Å². The molecule has 4 heteroatoms. The van der Waals surface area contributed by atoms with Gasteiger partial charge in [-0.3, -0.25) is 4.68 Å². The van der Waals surface area contributed by atoms with Crippen LogP contribution in [0.2, 0.25) is 0 Å². The van der Waals surface area contributed by atoms with E-state index in [2.05, 4.69) is 17.2 Å². The van der Waals surface area contributed by atoms with Crippen LogP contribution in [0.4, 0.5) is 0 Å². The molecule has 0 saturated carbocycles. The predicted molar refractivity (Wildman–Crippen MR) is 61.3 cm³/mol. The molecule has 80 valence electrons. The van der Waals surface area contributed by atoms with Crippen LogP contribution >= 0.6 is 12.4 Å². The standard InChI is InChI=1S/C11H12N2O.ClH/c14-11-8-12-13(9-11)7-6-10-4-2-1-3-5-10;/h1-5,8-9,14H,6-7H2;1H. The summed E-state index contributed by atoms with van der Waals surface area (Å²) in [4.78, 5) is 0. The zero-order chi connectivity index (χ0) is 9.80. The van der Waals surface area contributed by atoms with E-state index in [-0.39, 0.29) is 18.2 Å². The van der Waals surface area contributed by atoms with Gasteiger partial charge in [0.05, 0.1) is 12.4 Å². The van der Waals surface area contributed by atoms with Crippen LogP contribution in [-0.4, -0.2) is 14.9 Å². The summed E-state index contributed by atoms with van der Waals surface area (Å²) in [5.74, 6) is 0.220. The fourth-order valence-corrected chi connectivity index (χ4v) is 1.36. The first-order chi connectivity index (χ1) is 6.84. The Morgan fingerprint density at radius 3 is 2.53 bits per heavy atom. The Labute approximate surface area is 94.8 Å². The average molecular weight is 225 g/mol. The normalized spacial score (nSPS) is 9.60. The third kappa shape index (κ3) is 3.29. The number of halogens is 1. The topological polar surface area (TPSA) is 38.1 Å². The van der Waals surface area contributed by atoms with Gasteiger partial charge in [0.1, 0.15) is 0 Å². The Kier molecular flexibility index (Phi) is 4.18. The molecule has 0 fully saturated rings. The van der Waals surface area contributed by atoms with Crippen molar-refractivity contribution >= 4 is 12.4 Å². The Morgan fingerprint density at radius 2 is 1.93 bits per heavy atom. The van der Waals surface area contributed by atoms with Crippen molar-refractivity contribution in [3.05, 3.63) is 48.3 Å². The Balaban J connectivity index is 0.00000112. The summed E-state index contributed by atoms with van der Waals surface area (Å²) in [6.45, 7) is 0.796. The highest BCUT2D eigenvalue weighted by Gasteiger charge is 1.96. The van der Waals surface area contributed by atoms with E-state index in [9.17, 15) is 0 Å². The van der Waals surface area contributed by atoms with Gasteiger partial charge in [0.25, 0.3) is 0 Å². The summed E-state index contributed by atoms with van der Waals surface area (Å²) in [7, 11) is 0. The molecule has 0 atom stereocenters. The summed E-state index contributed by atoms with van der Waals surface area (Å²) >= 11 is 0. The van der Waals surface area contributed by atoms with Crippen LogP contribution in [0, 0.1) is 0 Å². The Hall–Kier alpha value is -1.48. The van der Waals surface area contributed by atoms with Crippen LogP contribution in [0.1, 0.15) is 5.56 Å². The predicted octanol–water partition coefficient (Wildman–Crippen LogP) is 2.25. The van der Waals surface area contributed by atoms with Gasteiger partial charge >= 0.3 is 0 Å². The number of hydrogen-bond donors (Lipinski definition) is 1. The molecule has 0 aliphatic carbocycles. The molecule has 0 saturated heterocycles. The molecule has 0 spiro atoms. The molecule has 1 N–H and O–H groups in total. The number of aromatic nitrogens is 2. The lowest BCUT2D eigenvalue weighted by Gasteiger charge is -2.00. The van der Waals surface area contributed by atoms with Crippen LogP contribution in [0.3, 0.4) is 0 Å². The molecule has 0 radical (unpaired) electrons. The first kappa shape index (κ1) is 11.6. The molecule has 1 aromatic heterocycles. The van der Waals surface area contributed by atoms with Crippen molar-refractivity contribution in [2.45, 2.75) is 13.0 Å². The van der Waals surface area contributed by atoms with Crippen molar-refractivity contribution in [3.8, 4) is 5.75 Å². The van der Waals surface area contributed by atoms with E-state index >= 15 is 0 Å². The maximum atomic E-state index is 9.07. The first-order valence-corrected chi connectivity index (χ1v) is 4.60. The van der Waals surface area contributed by atoms with Gasteiger partial charge in [-0.2, -0.15) is 5.10 Å². The zero-order valence-electron chi connectivity index (χ0n) is 8.21. The molecule has 15 heavy (non-hydrogen) atoms. The van der Waals surface area contributed by atoms with Gasteiger partial charge in [-0.25, -0.2) is 0 Å². The largest absolute Gasteiger partial charge is 0.505 e. The van der Waals surface area contributed by atoms with E-state index in [0.717, 1.165) is 13.0 Å². The number of benzene rings is 1. The lowest BCUT2D eigenvalue weighted by molar-refractivity contribution is 0.473. The molecule has 0 unspecified atom stereocenters. The first-order valence-electron chi connectivity index (χ1n) is 4.60. The van der Waals surface area contributed by atoms with Gasteiger partial charge in [0.15, 0.2) is 5.75 Å². The highest BCUT2D eigenvalue weighted by atomic mass is 35.5. The lowest BCUT2D eigenvalue weighted by Crippen LogP contribution is -2.01. The van der Waals surface area contributed by atoms with Crippen molar-refractivity contribution in [1.82, 2.24) is 9.78 Å². The summed E-state index contributed by atoms with van der Waals surface area (Å²) < 4.78 is 1.74. The van der Waals surface area contributed by atoms with Crippen molar-refractivity contribution < 1.29 is 5.11 Å². The Bertz CT molecular complexity index is 400. The van der Waals surface area contributed by atoms with E-state index in [1.807, 2.05) is 18.2 Å². The van der Waals surface area contributed by atoms with E-state index in [4.69, 9.17) is 5.11 Å². The maximum absolute atomic E-state index is 9.07. The second kappa shape index (κ2) is 5.41. The van der Waals surface area contributed by atoms with Crippen LogP contribution in [0.15, 0.2) is 42.7 Å². The molecule has 1 aromatic carbocycles. The fourth-order valence-electron chi connectivity index (χ4n) is 1.36. The summed E-state index contributed by atoms with van der Waals surface area (Å²) in [6, 6.07) is 10.2. The van der Waals surface area contributed by atoms with Crippen molar-refractivity contribution in [1.29, 1.82) is 0 Å². The molecule has 1 heterocycles. The van der Waals surface area contributed by atoms with E-state index in [1.165, 1.54) is 11.8 Å². The molecule has 3 nitrogen and oxygen atoms in total. The molecule has 0 aliphatic rings. The van der Waals surface area contributed by atoms with E-state index in [1.54, 1.807) is 10.9 Å². The molecule has 2 rings (SSSR count). The number of hydrogen-bond acceptors (Lipinski definition) is 2. The summed E-state index contributed by atoms with van der Waals surface area (Å²) in [6.07, 6.45) is 4.01. The van der Waals surface area contributed by atoms with Gasteiger partial charge in [0.2, 0.25) is 0 Å². The number of nitrogens with zero attached hydrogens (tertiary/aromatic N) is 2. The summed E-state index contributed by atoms with van der Waals surface area (Å²) in [5, 5.41) is 13.1. The van der Waals surface area contributed by atoms with Gasteiger partial charge in [0, 0.05) is 6.54 Å². The highest BCUT2D eigenvalue weighted by Crippen LogP contribution is 2.06. The van der Waals surface area contributed by atoms with Gasteiger partial charge in [-0.15, -0.1) is 12.4 Å². The fraction of sp³-hybridized carbons (Fsp3) is 0.182. The van der Waals surface area contributed by atoms with Crippen LogP contribution in [0.25, 0.3) is 0 Å². The second-order valence-corrected chi connectivity index (χ2v) is 3.20. The quantitative estimate of drug-likeness (QED) is 0.869. The van der Waals surface area contributed by atoms with Gasteiger partial charge in [-0.05, 0) is 12.0 Å². The number of aromatic hydroxyl groups is 1. The van der Waals surface area contributed by atoms with Crippen molar-refractivity contribution in [3.63, 3.8) is 0 Å². The van der Waals surface area contributed by atoms with E-state index in [0.29, 0.717) is 0 Å². The lowest BCUT2D eigenvalue weighted by atomic mass is 10.1. The van der Waals surface area contributed by atoms with Crippen molar-refractivity contribution in [2.75, 3.05) is 0 Å². The van der Waals surface area contributed by atoms with Crippen LogP contribution in [0.5, 0.6) is 5.75 Å². The SMILES string of the molecule is Cl.Oc1cnn(CCc2ccccc2)c1. The minimum Gasteiger partial charge on any atom is -0.505 e. The minimum atomic E-state index is 0. The zero-order valence-corrected chi connectivity index (χ0v) is 9.02. The third-order valence-corrected chi connectivity index (χ3v) is 2.09. The average Bonchev–Trinajstić information content (AvgIpc) is 2.63. The molecule has 2 aromatic rings. The Morgan fingerprint density at radius 1 is 1.20 bits per heavy atom.